The summed E-state index contributed by atoms with van der Waals surface area (Å²) in [5, 5.41) is 0. The highest BCUT2D eigenvalue weighted by Crippen LogP contribution is 2.19. The smallest absolute Gasteiger partial charge is 0.329 e. The fourth-order valence-corrected chi connectivity index (χ4v) is 2.36. The number of sulfonamides is 1. The van der Waals surface area contributed by atoms with Gasteiger partial charge in [-0.3, -0.25) is 9.59 Å². The van der Waals surface area contributed by atoms with Gasteiger partial charge in [-0.25, -0.2) is 8.42 Å². The van der Waals surface area contributed by atoms with Gasteiger partial charge in [0.2, 0.25) is 10.0 Å². The number of hydrogen-bond acceptors (Lipinski definition) is 4. The number of carbonyl (C=O) groups is 2. The molecule has 2 N–H and O–H groups in total. The van der Waals surface area contributed by atoms with Crippen molar-refractivity contribution in [2.24, 2.45) is 5.73 Å². The first-order valence-electron chi connectivity index (χ1n) is 5.23. The zero-order valence-corrected chi connectivity index (χ0v) is 10.9. The summed E-state index contributed by atoms with van der Waals surface area (Å²) in [4.78, 5) is 22.5. The molecular formula is C11H14N2O4S. The Labute approximate surface area is 105 Å². The molecule has 0 saturated carbocycles. The Hall–Kier alpha value is -1.89. The number of carbonyl (C=O) groups excluding carboxylic acids is 2. The van der Waals surface area contributed by atoms with E-state index in [1.165, 1.54) is 19.1 Å². The van der Waals surface area contributed by atoms with Crippen LogP contribution in [-0.2, 0) is 19.6 Å². The van der Waals surface area contributed by atoms with E-state index in [9.17, 15) is 18.0 Å². The van der Waals surface area contributed by atoms with Crippen LogP contribution in [0.4, 0.5) is 5.69 Å². The van der Waals surface area contributed by atoms with Crippen molar-refractivity contribution in [3.63, 3.8) is 0 Å². The molecule has 1 aromatic carbocycles. The molecule has 0 saturated heterocycles. The third kappa shape index (κ3) is 2.86. The van der Waals surface area contributed by atoms with E-state index in [-0.39, 0.29) is 11.4 Å². The van der Waals surface area contributed by atoms with Crippen molar-refractivity contribution in [1.29, 1.82) is 0 Å². The van der Waals surface area contributed by atoms with E-state index in [1.54, 1.807) is 12.1 Å². The Morgan fingerprint density at radius 2 is 1.72 bits per heavy atom. The first-order chi connectivity index (χ1) is 8.29. The lowest BCUT2D eigenvalue weighted by atomic mass is 10.2. The Morgan fingerprint density at radius 1 is 1.22 bits per heavy atom. The summed E-state index contributed by atoms with van der Waals surface area (Å²) in [6, 6.07) is 6.18. The van der Waals surface area contributed by atoms with Gasteiger partial charge in [-0.05, 0) is 26.0 Å². The Kier molecular flexibility index (Phi) is 4.07. The second kappa shape index (κ2) is 5.18. The summed E-state index contributed by atoms with van der Waals surface area (Å²) in [7, 11) is -3.89. The molecule has 0 fully saturated rings. The van der Waals surface area contributed by atoms with Crippen molar-refractivity contribution in [2.75, 3.05) is 10.1 Å². The largest absolute Gasteiger partial charge is 0.361 e. The molecule has 2 amide bonds. The lowest BCUT2D eigenvalue weighted by Crippen LogP contribution is -2.44. The molecule has 0 aliphatic carbocycles. The third-order valence-electron chi connectivity index (χ3n) is 2.31. The van der Waals surface area contributed by atoms with E-state index in [1.807, 2.05) is 6.92 Å². The molecule has 0 unspecified atom stereocenters. The SMILES string of the molecule is CCS(=O)(=O)N(C(=O)C(N)=O)c1ccc(C)cc1. The molecule has 98 valence electrons. The molecule has 7 heteroatoms. The number of nitrogens with two attached hydrogens (primary N) is 1. The molecule has 1 aromatic rings. The second-order valence-electron chi connectivity index (χ2n) is 3.67. The van der Waals surface area contributed by atoms with Crippen LogP contribution in [0.1, 0.15) is 12.5 Å². The van der Waals surface area contributed by atoms with Crippen molar-refractivity contribution in [2.45, 2.75) is 13.8 Å². The van der Waals surface area contributed by atoms with E-state index in [4.69, 9.17) is 5.73 Å². The minimum atomic E-state index is -3.89. The fraction of sp³-hybridized carbons (Fsp3) is 0.273. The number of nitrogens with zero attached hydrogens (tertiary/aromatic N) is 1. The van der Waals surface area contributed by atoms with Crippen LogP contribution in [0.15, 0.2) is 24.3 Å². The second-order valence-corrected chi connectivity index (χ2v) is 5.78. The molecule has 0 spiro atoms. The van der Waals surface area contributed by atoms with E-state index in [0.29, 0.717) is 4.31 Å². The first kappa shape index (κ1) is 14.2. The quantitative estimate of drug-likeness (QED) is 0.791. The van der Waals surface area contributed by atoms with Gasteiger partial charge in [0, 0.05) is 0 Å². The third-order valence-corrected chi connectivity index (χ3v) is 3.97. The number of benzene rings is 1. The van der Waals surface area contributed by atoms with Gasteiger partial charge in [-0.15, -0.1) is 0 Å². The summed E-state index contributed by atoms with van der Waals surface area (Å²) in [6.07, 6.45) is 0. The van der Waals surface area contributed by atoms with Crippen LogP contribution in [0.3, 0.4) is 0 Å². The number of amides is 2. The van der Waals surface area contributed by atoms with Crippen molar-refractivity contribution in [1.82, 2.24) is 0 Å². The summed E-state index contributed by atoms with van der Waals surface area (Å²) >= 11 is 0. The van der Waals surface area contributed by atoms with Crippen LogP contribution < -0.4 is 10.0 Å². The Balaban J connectivity index is 3.34. The van der Waals surface area contributed by atoms with Crippen LogP contribution in [0.5, 0.6) is 0 Å². The average molecular weight is 270 g/mol. The molecule has 18 heavy (non-hydrogen) atoms. The minimum absolute atomic E-state index is 0.103. The van der Waals surface area contributed by atoms with Crippen molar-refractivity contribution < 1.29 is 18.0 Å². The molecule has 1 rings (SSSR count). The number of hydrogen-bond donors (Lipinski definition) is 1. The van der Waals surface area contributed by atoms with E-state index in [2.05, 4.69) is 0 Å². The molecule has 0 aliphatic heterocycles. The van der Waals surface area contributed by atoms with Crippen molar-refractivity contribution in [3.05, 3.63) is 29.8 Å². The van der Waals surface area contributed by atoms with Crippen molar-refractivity contribution >= 4 is 27.5 Å². The average Bonchev–Trinajstić information content (AvgIpc) is 2.31. The maximum Gasteiger partial charge on any atom is 0.329 e. The standard InChI is InChI=1S/C11H14N2O4S/c1-3-18(16,17)13(11(15)10(12)14)9-6-4-8(2)5-7-9/h4-7H,3H2,1-2H3,(H2,12,14). The predicted molar refractivity (Wildman–Crippen MR) is 67.3 cm³/mol. The van der Waals surface area contributed by atoms with Gasteiger partial charge in [0.1, 0.15) is 0 Å². The molecule has 0 radical (unpaired) electrons. The minimum Gasteiger partial charge on any atom is -0.361 e. The zero-order valence-electron chi connectivity index (χ0n) is 10.1. The molecule has 0 aliphatic rings. The first-order valence-corrected chi connectivity index (χ1v) is 6.84. The molecule has 6 nitrogen and oxygen atoms in total. The summed E-state index contributed by atoms with van der Waals surface area (Å²) in [6.45, 7) is 3.20. The predicted octanol–water partition coefficient (Wildman–Crippen LogP) is 0.163. The highest BCUT2D eigenvalue weighted by Gasteiger charge is 2.30. The number of anilines is 1. The van der Waals surface area contributed by atoms with Gasteiger partial charge in [0.05, 0.1) is 11.4 Å². The van der Waals surface area contributed by atoms with Crippen LogP contribution >= 0.6 is 0 Å². The molecule has 0 atom stereocenters. The van der Waals surface area contributed by atoms with Gasteiger partial charge in [0.15, 0.2) is 0 Å². The summed E-state index contributed by atoms with van der Waals surface area (Å²) in [5.41, 5.74) is 5.87. The molecule has 0 heterocycles. The van der Waals surface area contributed by atoms with Gasteiger partial charge in [-0.1, -0.05) is 17.7 Å². The van der Waals surface area contributed by atoms with Gasteiger partial charge in [-0.2, -0.15) is 4.31 Å². The normalized spacial score (nSPS) is 11.0. The molecular weight excluding hydrogens is 256 g/mol. The van der Waals surface area contributed by atoms with Gasteiger partial charge in [0.25, 0.3) is 0 Å². The van der Waals surface area contributed by atoms with E-state index in [0.717, 1.165) is 5.56 Å². The number of aryl methyl sites for hydroxylation is 1. The van der Waals surface area contributed by atoms with Crippen LogP contribution in [0, 0.1) is 6.92 Å². The lowest BCUT2D eigenvalue weighted by molar-refractivity contribution is -0.134. The Morgan fingerprint density at radius 3 is 2.11 bits per heavy atom. The maximum absolute atomic E-state index is 11.8. The lowest BCUT2D eigenvalue weighted by Gasteiger charge is -2.20. The van der Waals surface area contributed by atoms with Gasteiger partial charge < -0.3 is 5.73 Å². The molecule has 0 bridgehead atoms. The highest BCUT2D eigenvalue weighted by molar-refractivity contribution is 7.93. The fourth-order valence-electron chi connectivity index (χ4n) is 1.31. The summed E-state index contributed by atoms with van der Waals surface area (Å²) < 4.78 is 24.1. The van der Waals surface area contributed by atoms with Crippen LogP contribution in [0.25, 0.3) is 0 Å². The van der Waals surface area contributed by atoms with Crippen molar-refractivity contribution in [3.8, 4) is 0 Å². The van der Waals surface area contributed by atoms with Crippen LogP contribution in [0.2, 0.25) is 0 Å². The number of rotatable bonds is 3. The van der Waals surface area contributed by atoms with Gasteiger partial charge >= 0.3 is 11.8 Å². The Bertz CT molecular complexity index is 563. The zero-order chi connectivity index (χ0) is 13.9. The molecule has 0 aromatic heterocycles. The highest BCUT2D eigenvalue weighted by atomic mass is 32.2. The topological polar surface area (TPSA) is 97.5 Å². The van der Waals surface area contributed by atoms with Crippen LogP contribution in [-0.4, -0.2) is 26.0 Å². The monoisotopic (exact) mass is 270 g/mol. The van der Waals surface area contributed by atoms with E-state index >= 15 is 0 Å². The number of primary amides is 1. The summed E-state index contributed by atoms with van der Waals surface area (Å²) in [5.74, 6) is -2.88. The van der Waals surface area contributed by atoms with E-state index < -0.39 is 21.8 Å². The maximum atomic E-state index is 11.8.